The van der Waals surface area contributed by atoms with E-state index in [0.29, 0.717) is 12.1 Å². The number of carbonyl (C=O) groups is 1. The normalized spacial score (nSPS) is 13.4. The van der Waals surface area contributed by atoms with Crippen LogP contribution in [0.4, 0.5) is 26.3 Å². The van der Waals surface area contributed by atoms with Crippen LogP contribution in [0.25, 0.3) is 0 Å². The number of hydrogen-bond donors (Lipinski definition) is 2. The fraction of sp³-hybridized carbons (Fsp3) is 0.417. The molecule has 2 N–H and O–H groups in total. The highest BCUT2D eigenvalue weighted by Crippen LogP contribution is 2.51. The summed E-state index contributed by atoms with van der Waals surface area (Å²) < 4.78 is 76.8. The van der Waals surface area contributed by atoms with Crippen LogP contribution in [0.1, 0.15) is 27.0 Å². The number of benzene rings is 1. The first-order chi connectivity index (χ1) is 9.23. The minimum Gasteiger partial charge on any atom is -0.478 e. The average Bonchev–Trinajstić information content (AvgIpc) is 2.27. The van der Waals surface area contributed by atoms with Crippen LogP contribution in [0, 0.1) is 13.8 Å². The Morgan fingerprint density at radius 3 is 1.67 bits per heavy atom. The van der Waals surface area contributed by atoms with Crippen molar-refractivity contribution in [1.82, 2.24) is 0 Å². The fourth-order valence-corrected chi connectivity index (χ4v) is 1.76. The maximum atomic E-state index is 12.8. The lowest BCUT2D eigenvalue weighted by molar-refractivity contribution is -0.376. The van der Waals surface area contributed by atoms with Crippen LogP contribution in [0.3, 0.4) is 0 Å². The molecule has 0 bridgehead atoms. The lowest BCUT2D eigenvalue weighted by Gasteiger charge is -2.33. The van der Waals surface area contributed by atoms with Crippen LogP contribution in [0.15, 0.2) is 12.1 Å². The van der Waals surface area contributed by atoms with E-state index in [1.54, 1.807) is 0 Å². The molecule has 0 fully saturated rings. The summed E-state index contributed by atoms with van der Waals surface area (Å²) in [5.41, 5.74) is -8.09. The van der Waals surface area contributed by atoms with Gasteiger partial charge in [-0.2, -0.15) is 26.3 Å². The maximum Gasteiger partial charge on any atom is 0.430 e. The predicted molar refractivity (Wildman–Crippen MR) is 58.9 cm³/mol. The van der Waals surface area contributed by atoms with Crippen molar-refractivity contribution in [2.24, 2.45) is 0 Å². The van der Waals surface area contributed by atoms with Crippen molar-refractivity contribution in [2.45, 2.75) is 31.8 Å². The Morgan fingerprint density at radius 2 is 1.33 bits per heavy atom. The van der Waals surface area contributed by atoms with Crippen molar-refractivity contribution < 1.29 is 41.4 Å². The molecule has 9 heteroatoms. The lowest BCUT2D eigenvalue weighted by atomic mass is 9.86. The molecule has 0 radical (unpaired) electrons. The zero-order chi connectivity index (χ0) is 16.8. The van der Waals surface area contributed by atoms with Crippen LogP contribution < -0.4 is 0 Å². The Balaban J connectivity index is 3.84. The molecule has 0 amide bonds. The first kappa shape index (κ1) is 17.3. The summed E-state index contributed by atoms with van der Waals surface area (Å²) in [4.78, 5) is 10.9. The van der Waals surface area contributed by atoms with E-state index in [-0.39, 0.29) is 11.1 Å². The molecule has 0 saturated heterocycles. The van der Waals surface area contributed by atoms with Crippen molar-refractivity contribution >= 4 is 5.97 Å². The molecule has 0 aliphatic carbocycles. The zero-order valence-corrected chi connectivity index (χ0v) is 10.7. The van der Waals surface area contributed by atoms with Gasteiger partial charge in [0.25, 0.3) is 5.60 Å². The monoisotopic (exact) mass is 316 g/mol. The number of halogens is 6. The number of aryl methyl sites for hydroxylation is 2. The molecular weight excluding hydrogens is 306 g/mol. The summed E-state index contributed by atoms with van der Waals surface area (Å²) in [5.74, 6) is -2.00. The fourth-order valence-electron chi connectivity index (χ4n) is 1.76. The van der Waals surface area contributed by atoms with Gasteiger partial charge in [-0.25, -0.2) is 4.79 Å². The van der Waals surface area contributed by atoms with E-state index < -0.39 is 35.0 Å². The smallest absolute Gasteiger partial charge is 0.430 e. The van der Waals surface area contributed by atoms with Gasteiger partial charge in [-0.05, 0) is 31.0 Å². The molecule has 118 valence electrons. The first-order valence-corrected chi connectivity index (χ1v) is 5.44. The Hall–Kier alpha value is -1.77. The molecule has 0 atom stereocenters. The molecular formula is C12H10F6O3. The highest BCUT2D eigenvalue weighted by Gasteiger charge is 2.72. The standard InChI is InChI=1S/C12H10F6O3/c1-5-3-7(9(19)20)8(4-6(5)2)10(21,11(13,14)15)12(16,17)18/h3-4,21H,1-2H3,(H,19,20). The number of aliphatic hydroxyl groups is 1. The molecule has 0 aromatic heterocycles. The largest absolute Gasteiger partial charge is 0.478 e. The van der Waals surface area contributed by atoms with Crippen molar-refractivity contribution in [3.05, 3.63) is 34.4 Å². The third kappa shape index (κ3) is 2.69. The van der Waals surface area contributed by atoms with E-state index in [1.807, 2.05) is 0 Å². The van der Waals surface area contributed by atoms with E-state index in [2.05, 4.69) is 0 Å². The molecule has 1 rings (SSSR count). The molecule has 0 unspecified atom stereocenters. The molecule has 1 aromatic rings. The van der Waals surface area contributed by atoms with Gasteiger partial charge in [0.15, 0.2) is 0 Å². The number of alkyl halides is 6. The Morgan fingerprint density at radius 1 is 0.952 bits per heavy atom. The maximum absolute atomic E-state index is 12.8. The summed E-state index contributed by atoms with van der Waals surface area (Å²) in [5, 5.41) is 18.1. The highest BCUT2D eigenvalue weighted by molar-refractivity contribution is 5.90. The van der Waals surface area contributed by atoms with Gasteiger partial charge in [-0.3, -0.25) is 0 Å². The topological polar surface area (TPSA) is 57.5 Å². The second-order valence-electron chi connectivity index (χ2n) is 4.49. The molecule has 0 spiro atoms. The SMILES string of the molecule is Cc1cc(C(=O)O)c(C(O)(C(F)(F)F)C(F)(F)F)cc1C. The number of carboxylic acids is 1. The molecule has 1 aromatic carbocycles. The van der Waals surface area contributed by atoms with Gasteiger partial charge in [-0.15, -0.1) is 0 Å². The minimum absolute atomic E-state index is 0.0121. The van der Waals surface area contributed by atoms with Gasteiger partial charge in [0.1, 0.15) is 0 Å². The van der Waals surface area contributed by atoms with Crippen LogP contribution in [-0.2, 0) is 5.60 Å². The number of rotatable bonds is 2. The summed E-state index contributed by atoms with van der Waals surface area (Å²) in [6.45, 7) is 2.53. The lowest BCUT2D eigenvalue weighted by Crippen LogP contribution is -2.54. The molecule has 0 aliphatic rings. The summed E-state index contributed by atoms with van der Waals surface area (Å²) in [6.07, 6.45) is -12.3. The molecule has 0 saturated carbocycles. The van der Waals surface area contributed by atoms with Gasteiger partial charge >= 0.3 is 18.3 Å². The third-order valence-corrected chi connectivity index (χ3v) is 3.07. The van der Waals surface area contributed by atoms with Gasteiger partial charge < -0.3 is 10.2 Å². The van der Waals surface area contributed by atoms with E-state index in [0.717, 1.165) is 0 Å². The number of carboxylic acid groups (broad SMARTS) is 1. The van der Waals surface area contributed by atoms with Gasteiger partial charge in [-0.1, -0.05) is 6.07 Å². The van der Waals surface area contributed by atoms with E-state index in [1.165, 1.54) is 13.8 Å². The Labute approximate surface area is 114 Å². The first-order valence-electron chi connectivity index (χ1n) is 5.44. The van der Waals surface area contributed by atoms with Gasteiger partial charge in [0, 0.05) is 5.56 Å². The second kappa shape index (κ2) is 4.90. The van der Waals surface area contributed by atoms with Crippen molar-refractivity contribution in [3.8, 4) is 0 Å². The quantitative estimate of drug-likeness (QED) is 0.823. The summed E-state index contributed by atoms with van der Waals surface area (Å²) >= 11 is 0. The van der Waals surface area contributed by atoms with Crippen LogP contribution in [0.5, 0.6) is 0 Å². The van der Waals surface area contributed by atoms with Crippen molar-refractivity contribution in [3.63, 3.8) is 0 Å². The van der Waals surface area contributed by atoms with Crippen molar-refractivity contribution in [2.75, 3.05) is 0 Å². The highest BCUT2D eigenvalue weighted by atomic mass is 19.4. The van der Waals surface area contributed by atoms with Crippen LogP contribution in [-0.4, -0.2) is 28.5 Å². The Bertz CT molecular complexity index is 560. The van der Waals surface area contributed by atoms with Gasteiger partial charge in [0.05, 0.1) is 5.56 Å². The predicted octanol–water partition coefficient (Wildman–Crippen LogP) is 3.31. The molecule has 0 heterocycles. The number of hydrogen-bond acceptors (Lipinski definition) is 2. The minimum atomic E-state index is -6.13. The molecule has 0 aliphatic heterocycles. The second-order valence-corrected chi connectivity index (χ2v) is 4.49. The zero-order valence-electron chi connectivity index (χ0n) is 10.7. The van der Waals surface area contributed by atoms with Crippen LogP contribution >= 0.6 is 0 Å². The van der Waals surface area contributed by atoms with E-state index in [4.69, 9.17) is 5.11 Å². The summed E-state index contributed by atoms with van der Waals surface area (Å²) in [7, 11) is 0. The average molecular weight is 316 g/mol. The molecule has 21 heavy (non-hydrogen) atoms. The van der Waals surface area contributed by atoms with Crippen LogP contribution in [0.2, 0.25) is 0 Å². The Kier molecular flexibility index (Phi) is 4.03. The summed E-state index contributed by atoms with van der Waals surface area (Å²) in [6, 6.07) is 1.05. The molecule has 3 nitrogen and oxygen atoms in total. The van der Waals surface area contributed by atoms with E-state index >= 15 is 0 Å². The van der Waals surface area contributed by atoms with Crippen molar-refractivity contribution in [1.29, 1.82) is 0 Å². The van der Waals surface area contributed by atoms with E-state index in [9.17, 15) is 36.2 Å². The third-order valence-electron chi connectivity index (χ3n) is 3.07. The van der Waals surface area contributed by atoms with Gasteiger partial charge in [0.2, 0.25) is 0 Å². The number of aromatic carboxylic acids is 1.